The van der Waals surface area contributed by atoms with Gasteiger partial charge in [0.1, 0.15) is 0 Å². The summed E-state index contributed by atoms with van der Waals surface area (Å²) >= 11 is 0. The second kappa shape index (κ2) is 30.1. The molecule has 0 aromatic carbocycles. The van der Waals surface area contributed by atoms with Crippen molar-refractivity contribution >= 4 is 7.82 Å². The van der Waals surface area contributed by atoms with Gasteiger partial charge in [-0.3, -0.25) is 0 Å². The Balaban J connectivity index is -0.00000000381. The molecule has 0 rings (SSSR count). The Kier molecular flexibility index (Phi) is 210. The topological polar surface area (TPSA) is 296 Å². The van der Waals surface area contributed by atoms with E-state index in [1.807, 2.05) is 0 Å². The quantitative estimate of drug-likeness (QED) is 0.262. The minimum Gasteiger partial charge on any atom is -0.822 e. The van der Waals surface area contributed by atoms with Crippen LogP contribution in [0.15, 0.2) is 0 Å². The molecule has 0 aromatic heterocycles. The van der Waals surface area contributed by atoms with Crippen LogP contribution in [-0.2, 0) is 21.3 Å². The van der Waals surface area contributed by atoms with Gasteiger partial charge in [0.15, 0.2) is 0 Å². The van der Waals surface area contributed by atoms with Crippen molar-refractivity contribution < 1.29 is 36.0 Å². The Bertz CT molecular complexity index is 65.7. The average Bonchev–Trinajstić information content (AvgIpc) is 0.722. The Morgan fingerprint density at radius 2 is 0.667 bits per heavy atom. The Morgan fingerprint density at radius 3 is 0.667 bits per heavy atom. The molecule has 0 atom stereocenters. The summed E-state index contributed by atoms with van der Waals surface area (Å²) in [5.41, 5.74) is 0. The second-order valence-electron chi connectivity index (χ2n) is 0.447. The molecule has 12 heavy (non-hydrogen) atoms. The molecule has 0 aliphatic rings. The number of phosphoric acid groups is 1. The van der Waals surface area contributed by atoms with E-state index in [1.54, 1.807) is 0 Å². The summed E-state index contributed by atoms with van der Waals surface area (Å²) in [6.07, 6.45) is 0. The number of hydrogen-bond donors (Lipinski definition) is 6. The SMILES string of the molecule is N.N.N.N.N.N.O=P([O-])([O-])[O-].[Co+3]. The van der Waals surface area contributed by atoms with Crippen LogP contribution in [0.2, 0.25) is 0 Å². The van der Waals surface area contributed by atoms with E-state index in [0.29, 0.717) is 0 Å². The fraction of sp³-hybridized carbons (Fsp3) is 0. The maximum atomic E-state index is 8.55. The summed E-state index contributed by atoms with van der Waals surface area (Å²) in [7, 11) is -5.39. The summed E-state index contributed by atoms with van der Waals surface area (Å²) in [4.78, 5) is 25.6. The van der Waals surface area contributed by atoms with Gasteiger partial charge < -0.3 is 56.1 Å². The Hall–Kier alpha value is 0.376. The van der Waals surface area contributed by atoms with Gasteiger partial charge in [-0.2, -0.15) is 7.82 Å². The molecule has 0 saturated carbocycles. The summed E-state index contributed by atoms with van der Waals surface area (Å²) in [6.45, 7) is 0. The molecule has 0 aliphatic heterocycles. The van der Waals surface area contributed by atoms with Crippen LogP contribution in [0.3, 0.4) is 0 Å². The Labute approximate surface area is 81.4 Å². The third kappa shape index (κ3) is 6440. The minimum atomic E-state index is -5.39. The second-order valence-corrected chi connectivity index (χ2v) is 1.34. The fourth-order valence-electron chi connectivity index (χ4n) is 0. The van der Waals surface area contributed by atoms with Crippen molar-refractivity contribution in [2.75, 3.05) is 0 Å². The fourth-order valence-corrected chi connectivity index (χ4v) is 0. The Morgan fingerprint density at radius 1 is 0.667 bits per heavy atom. The van der Waals surface area contributed by atoms with Crippen molar-refractivity contribution in [1.82, 2.24) is 36.9 Å². The molecule has 0 unspecified atom stereocenters. The summed E-state index contributed by atoms with van der Waals surface area (Å²) in [5.74, 6) is 0. The zero-order valence-electron chi connectivity index (χ0n) is 6.66. The van der Waals surface area contributed by atoms with E-state index in [4.69, 9.17) is 19.2 Å². The maximum Gasteiger partial charge on any atom is 3.00 e. The van der Waals surface area contributed by atoms with E-state index >= 15 is 0 Å². The van der Waals surface area contributed by atoms with Crippen LogP contribution in [0.25, 0.3) is 0 Å². The zero-order valence-corrected chi connectivity index (χ0v) is 8.59. The molecule has 0 spiro atoms. The predicted octanol–water partition coefficient (Wildman–Crippen LogP) is -1.86. The van der Waals surface area contributed by atoms with Gasteiger partial charge >= 0.3 is 16.8 Å². The van der Waals surface area contributed by atoms with Crippen molar-refractivity contribution in [3.8, 4) is 0 Å². The van der Waals surface area contributed by atoms with Gasteiger partial charge in [0, 0.05) is 0 Å². The molecule has 18 N–H and O–H groups in total. The third-order valence-electron chi connectivity index (χ3n) is 0. The van der Waals surface area contributed by atoms with Gasteiger partial charge in [0.05, 0.1) is 0 Å². The molecule has 0 heterocycles. The van der Waals surface area contributed by atoms with Crippen molar-refractivity contribution in [2.24, 2.45) is 0 Å². The first-order chi connectivity index (χ1) is 2.00. The van der Waals surface area contributed by atoms with Gasteiger partial charge in [0.2, 0.25) is 0 Å². The van der Waals surface area contributed by atoms with Crippen molar-refractivity contribution in [3.05, 3.63) is 0 Å². The molecule has 0 aliphatic carbocycles. The molecule has 86 valence electrons. The first-order valence-corrected chi connectivity index (χ1v) is 2.19. The van der Waals surface area contributed by atoms with Gasteiger partial charge in [-0.25, -0.2) is 0 Å². The molecule has 0 radical (unpaired) electrons. The number of rotatable bonds is 0. The molecule has 0 saturated heterocycles. The summed E-state index contributed by atoms with van der Waals surface area (Å²) < 4.78 is 8.55. The minimum absolute atomic E-state index is 0. The number of hydrogen-bond acceptors (Lipinski definition) is 10. The van der Waals surface area contributed by atoms with Crippen molar-refractivity contribution in [3.63, 3.8) is 0 Å². The van der Waals surface area contributed by atoms with Crippen LogP contribution in [0.4, 0.5) is 0 Å². The van der Waals surface area contributed by atoms with Crippen molar-refractivity contribution in [1.29, 1.82) is 0 Å². The monoisotopic (exact) mass is 256 g/mol. The van der Waals surface area contributed by atoms with Gasteiger partial charge in [0.25, 0.3) is 0 Å². The van der Waals surface area contributed by atoms with Crippen LogP contribution >= 0.6 is 7.82 Å². The van der Waals surface area contributed by atoms with E-state index in [9.17, 15) is 0 Å². The molecule has 0 fully saturated rings. The maximum absolute atomic E-state index is 8.55. The first kappa shape index (κ1) is 83.6. The summed E-state index contributed by atoms with van der Waals surface area (Å²) in [6, 6.07) is 0. The zero-order chi connectivity index (χ0) is 4.50. The van der Waals surface area contributed by atoms with Crippen LogP contribution in [-0.4, -0.2) is 0 Å². The molecule has 10 nitrogen and oxygen atoms in total. The standard InChI is InChI=1S/Co.6H3N.H3O4P/c;;;;;;;1-5(2,3)4/h;6*1H3;(H3,1,2,3,4)/q+3;;;;;;;/p-3. The average molecular weight is 256 g/mol. The van der Waals surface area contributed by atoms with E-state index in [2.05, 4.69) is 0 Å². The third-order valence-corrected chi connectivity index (χ3v) is 0. The van der Waals surface area contributed by atoms with E-state index in [0.717, 1.165) is 0 Å². The van der Waals surface area contributed by atoms with E-state index in [-0.39, 0.29) is 53.7 Å². The predicted molar refractivity (Wildman–Crippen MR) is 37.7 cm³/mol. The van der Waals surface area contributed by atoms with Crippen LogP contribution in [0, 0.1) is 0 Å². The smallest absolute Gasteiger partial charge is 0.822 e. The summed E-state index contributed by atoms with van der Waals surface area (Å²) in [5, 5.41) is 0. The molecule has 0 amide bonds. The first-order valence-electron chi connectivity index (χ1n) is 0.730. The van der Waals surface area contributed by atoms with Crippen LogP contribution in [0.5, 0.6) is 0 Å². The molecular weight excluding hydrogens is 238 g/mol. The van der Waals surface area contributed by atoms with E-state index < -0.39 is 7.82 Å². The largest absolute Gasteiger partial charge is 3.00 e. The van der Waals surface area contributed by atoms with Gasteiger partial charge in [-0.05, 0) is 0 Å². The van der Waals surface area contributed by atoms with Gasteiger partial charge in [-0.15, -0.1) is 0 Å². The van der Waals surface area contributed by atoms with E-state index in [1.165, 1.54) is 0 Å². The van der Waals surface area contributed by atoms with Gasteiger partial charge in [-0.1, -0.05) is 0 Å². The molecule has 0 aromatic rings. The molecule has 12 heteroatoms. The molecule has 0 bridgehead atoms. The van der Waals surface area contributed by atoms with Crippen LogP contribution < -0.4 is 51.6 Å². The molecular formula is H18CoN6O4P. The van der Waals surface area contributed by atoms with Crippen LogP contribution in [0.1, 0.15) is 0 Å². The normalized spacial score (nSPS) is 4.92. The van der Waals surface area contributed by atoms with Crippen molar-refractivity contribution in [2.45, 2.75) is 0 Å².